The summed E-state index contributed by atoms with van der Waals surface area (Å²) in [5.74, 6) is -0.0446. The van der Waals surface area contributed by atoms with E-state index < -0.39 is 0 Å². The van der Waals surface area contributed by atoms with E-state index in [1.807, 2.05) is 54.4 Å². The van der Waals surface area contributed by atoms with Crippen LogP contribution in [0.15, 0.2) is 48.7 Å². The number of amides is 1. The Morgan fingerprint density at radius 3 is 2.65 bits per heavy atom. The molecule has 4 nitrogen and oxygen atoms in total. The molecule has 5 heteroatoms. The number of hydrogen-bond donors (Lipinski definition) is 1. The first-order valence-corrected chi connectivity index (χ1v) is 8.01. The van der Waals surface area contributed by atoms with Crippen molar-refractivity contribution in [2.75, 3.05) is 13.6 Å². The molecular formula is C18H22ClN3O. The van der Waals surface area contributed by atoms with Gasteiger partial charge in [0.15, 0.2) is 0 Å². The number of halogens is 1. The SMILES string of the molecule is CC(C)N(C)CC(=O)N[C@H](c1cccc(Cl)c1)c1ccccn1. The normalized spacial score (nSPS) is 12.4. The highest BCUT2D eigenvalue weighted by molar-refractivity contribution is 6.30. The van der Waals surface area contributed by atoms with Crippen LogP contribution in [0.2, 0.25) is 5.02 Å². The highest BCUT2D eigenvalue weighted by Gasteiger charge is 2.19. The predicted molar refractivity (Wildman–Crippen MR) is 93.4 cm³/mol. The minimum Gasteiger partial charge on any atom is -0.342 e. The smallest absolute Gasteiger partial charge is 0.234 e. The number of nitrogens with one attached hydrogen (secondary N) is 1. The maximum absolute atomic E-state index is 12.4. The van der Waals surface area contributed by atoms with Crippen LogP contribution in [0.1, 0.15) is 31.1 Å². The Hall–Kier alpha value is -1.91. The first-order chi connectivity index (χ1) is 11.0. The first-order valence-electron chi connectivity index (χ1n) is 7.63. The molecule has 1 amide bonds. The third-order valence-corrected chi connectivity index (χ3v) is 3.98. The maximum Gasteiger partial charge on any atom is 0.234 e. The van der Waals surface area contributed by atoms with E-state index in [1.165, 1.54) is 0 Å². The molecule has 1 aromatic heterocycles. The Kier molecular flexibility index (Phi) is 6.13. The van der Waals surface area contributed by atoms with E-state index in [0.29, 0.717) is 17.6 Å². The average molecular weight is 332 g/mol. The Balaban J connectivity index is 2.23. The first kappa shape index (κ1) is 17.4. The minimum atomic E-state index is -0.317. The molecule has 1 atom stereocenters. The molecule has 122 valence electrons. The van der Waals surface area contributed by atoms with Crippen LogP contribution in [0.25, 0.3) is 0 Å². The van der Waals surface area contributed by atoms with Crippen LogP contribution in [0.5, 0.6) is 0 Å². The van der Waals surface area contributed by atoms with Gasteiger partial charge in [-0.25, -0.2) is 0 Å². The zero-order chi connectivity index (χ0) is 16.8. The van der Waals surface area contributed by atoms with Crippen molar-refractivity contribution in [3.05, 3.63) is 64.9 Å². The second-order valence-electron chi connectivity index (χ2n) is 5.82. The average Bonchev–Trinajstić information content (AvgIpc) is 2.53. The molecule has 0 aliphatic rings. The summed E-state index contributed by atoms with van der Waals surface area (Å²) >= 11 is 6.10. The molecule has 0 aliphatic heterocycles. The van der Waals surface area contributed by atoms with Gasteiger partial charge in [-0.05, 0) is 50.7 Å². The summed E-state index contributed by atoms with van der Waals surface area (Å²) in [6, 6.07) is 13.1. The Bertz CT molecular complexity index is 646. The molecule has 1 N–H and O–H groups in total. The van der Waals surface area contributed by atoms with Gasteiger partial charge in [0, 0.05) is 17.3 Å². The second kappa shape index (κ2) is 8.09. The molecule has 23 heavy (non-hydrogen) atoms. The van der Waals surface area contributed by atoms with Crippen molar-refractivity contribution in [1.29, 1.82) is 0 Å². The van der Waals surface area contributed by atoms with Crippen molar-refractivity contribution in [3.63, 3.8) is 0 Å². The predicted octanol–water partition coefficient (Wildman–Crippen LogP) is 3.28. The van der Waals surface area contributed by atoms with Crippen LogP contribution >= 0.6 is 11.6 Å². The van der Waals surface area contributed by atoms with Crippen LogP contribution in [-0.4, -0.2) is 35.4 Å². The van der Waals surface area contributed by atoms with E-state index in [2.05, 4.69) is 24.1 Å². The summed E-state index contributed by atoms with van der Waals surface area (Å²) in [6.07, 6.45) is 1.72. The van der Waals surface area contributed by atoms with Gasteiger partial charge in [-0.1, -0.05) is 29.8 Å². The lowest BCUT2D eigenvalue weighted by Crippen LogP contribution is -2.40. The van der Waals surface area contributed by atoms with E-state index in [-0.39, 0.29) is 11.9 Å². The van der Waals surface area contributed by atoms with Crippen molar-refractivity contribution in [2.45, 2.75) is 25.9 Å². The van der Waals surface area contributed by atoms with Crippen LogP contribution in [0, 0.1) is 0 Å². The zero-order valence-electron chi connectivity index (χ0n) is 13.7. The van der Waals surface area contributed by atoms with Crippen LogP contribution in [0.4, 0.5) is 0 Å². The molecule has 2 rings (SSSR count). The van der Waals surface area contributed by atoms with Gasteiger partial charge >= 0.3 is 0 Å². The lowest BCUT2D eigenvalue weighted by atomic mass is 10.0. The fourth-order valence-corrected chi connectivity index (χ4v) is 2.38. The number of carbonyl (C=O) groups is 1. The number of pyridine rings is 1. The highest BCUT2D eigenvalue weighted by atomic mass is 35.5. The topological polar surface area (TPSA) is 45.2 Å². The number of likely N-dealkylation sites (N-methyl/N-ethyl adjacent to an activating group) is 1. The number of benzene rings is 1. The zero-order valence-corrected chi connectivity index (χ0v) is 14.4. The van der Waals surface area contributed by atoms with Crippen molar-refractivity contribution in [3.8, 4) is 0 Å². The number of carbonyl (C=O) groups excluding carboxylic acids is 1. The molecule has 1 heterocycles. The number of rotatable bonds is 6. The molecule has 0 aliphatic carbocycles. The van der Waals surface area contributed by atoms with E-state index in [0.717, 1.165) is 11.3 Å². The number of nitrogens with zero attached hydrogens (tertiary/aromatic N) is 2. The van der Waals surface area contributed by atoms with Gasteiger partial charge in [0.05, 0.1) is 18.3 Å². The fraction of sp³-hybridized carbons (Fsp3) is 0.333. The Morgan fingerprint density at radius 2 is 2.04 bits per heavy atom. The summed E-state index contributed by atoms with van der Waals surface area (Å²) in [4.78, 5) is 18.8. The minimum absolute atomic E-state index is 0.0446. The van der Waals surface area contributed by atoms with Crippen molar-refractivity contribution < 1.29 is 4.79 Å². The Labute approximate surface area is 142 Å². The van der Waals surface area contributed by atoms with Gasteiger partial charge in [-0.15, -0.1) is 0 Å². The van der Waals surface area contributed by atoms with E-state index in [9.17, 15) is 4.79 Å². The van der Waals surface area contributed by atoms with E-state index in [4.69, 9.17) is 11.6 Å². The summed E-state index contributed by atoms with van der Waals surface area (Å²) in [5.41, 5.74) is 1.70. The lowest BCUT2D eigenvalue weighted by molar-refractivity contribution is -0.122. The molecule has 0 bridgehead atoms. The van der Waals surface area contributed by atoms with Gasteiger partial charge in [0.1, 0.15) is 0 Å². The Morgan fingerprint density at radius 1 is 1.26 bits per heavy atom. The molecule has 0 unspecified atom stereocenters. The summed E-state index contributed by atoms with van der Waals surface area (Å²) in [6.45, 7) is 4.45. The number of aromatic nitrogens is 1. The molecule has 2 aromatic rings. The maximum atomic E-state index is 12.4. The third-order valence-electron chi connectivity index (χ3n) is 3.75. The van der Waals surface area contributed by atoms with Crippen LogP contribution in [0.3, 0.4) is 0 Å². The van der Waals surface area contributed by atoms with Crippen LogP contribution < -0.4 is 5.32 Å². The fourth-order valence-electron chi connectivity index (χ4n) is 2.18. The summed E-state index contributed by atoms with van der Waals surface area (Å²) < 4.78 is 0. The lowest BCUT2D eigenvalue weighted by Gasteiger charge is -2.23. The van der Waals surface area contributed by atoms with Crippen molar-refractivity contribution >= 4 is 17.5 Å². The monoisotopic (exact) mass is 331 g/mol. The molecule has 0 saturated carbocycles. The third kappa shape index (κ3) is 5.05. The van der Waals surface area contributed by atoms with Gasteiger partial charge in [-0.2, -0.15) is 0 Å². The quantitative estimate of drug-likeness (QED) is 0.883. The molecule has 1 aromatic carbocycles. The van der Waals surface area contributed by atoms with Gasteiger partial charge in [0.2, 0.25) is 5.91 Å². The van der Waals surface area contributed by atoms with Crippen molar-refractivity contribution in [2.24, 2.45) is 0 Å². The van der Waals surface area contributed by atoms with Gasteiger partial charge < -0.3 is 5.32 Å². The molecule has 0 saturated heterocycles. The summed E-state index contributed by atoms with van der Waals surface area (Å²) in [7, 11) is 1.93. The van der Waals surface area contributed by atoms with Crippen molar-refractivity contribution in [1.82, 2.24) is 15.2 Å². The van der Waals surface area contributed by atoms with Gasteiger partial charge in [0.25, 0.3) is 0 Å². The molecule has 0 fully saturated rings. The molecular weight excluding hydrogens is 310 g/mol. The largest absolute Gasteiger partial charge is 0.342 e. The summed E-state index contributed by atoms with van der Waals surface area (Å²) in [5, 5.41) is 3.70. The van der Waals surface area contributed by atoms with Gasteiger partial charge in [-0.3, -0.25) is 14.7 Å². The number of hydrogen-bond acceptors (Lipinski definition) is 3. The standard InChI is InChI=1S/C18H22ClN3O/c1-13(2)22(3)12-17(23)21-18(16-9-4-5-10-20-16)14-7-6-8-15(19)11-14/h4-11,13,18H,12H2,1-3H3,(H,21,23)/t18-/m1/s1. The van der Waals surface area contributed by atoms with E-state index in [1.54, 1.807) is 6.20 Å². The molecule has 0 spiro atoms. The van der Waals surface area contributed by atoms with Crippen LogP contribution in [-0.2, 0) is 4.79 Å². The molecule has 0 radical (unpaired) electrons. The second-order valence-corrected chi connectivity index (χ2v) is 6.26. The van der Waals surface area contributed by atoms with E-state index >= 15 is 0 Å². The highest BCUT2D eigenvalue weighted by Crippen LogP contribution is 2.23.